The fraction of sp³-hybridized carbons (Fsp3) is 0.360. The highest BCUT2D eigenvalue weighted by atomic mass is 127. The molecule has 3 rings (SSSR count). The molecule has 0 fully saturated rings. The Kier molecular flexibility index (Phi) is 10.2. The maximum Gasteiger partial charge on any atom is 0.191 e. The van der Waals surface area contributed by atoms with Gasteiger partial charge in [-0.2, -0.15) is 5.10 Å². The molecule has 0 aliphatic carbocycles. The predicted octanol–water partition coefficient (Wildman–Crippen LogP) is 4.42. The van der Waals surface area contributed by atoms with Crippen LogP contribution in [0.3, 0.4) is 0 Å². The third kappa shape index (κ3) is 7.34. The summed E-state index contributed by atoms with van der Waals surface area (Å²) >= 11 is 0. The zero-order valence-electron chi connectivity index (χ0n) is 19.7. The molecule has 1 heterocycles. The van der Waals surface area contributed by atoms with Crippen LogP contribution in [0, 0.1) is 13.8 Å². The normalized spacial score (nSPS) is 11.4. The molecule has 0 radical (unpaired) electrons. The molecule has 0 saturated carbocycles. The van der Waals surface area contributed by atoms with E-state index in [-0.39, 0.29) is 24.0 Å². The Morgan fingerprint density at radius 1 is 1.00 bits per heavy atom. The number of guanidine groups is 1. The highest BCUT2D eigenvalue weighted by Gasteiger charge is 2.09. The molecule has 2 N–H and O–H groups in total. The third-order valence-corrected chi connectivity index (χ3v) is 4.93. The maximum absolute atomic E-state index is 4.80. The minimum Gasteiger partial charge on any atom is -0.357 e. The summed E-state index contributed by atoms with van der Waals surface area (Å²) < 4.78 is 2.01. The molecule has 0 atom stereocenters. The Morgan fingerprint density at radius 3 is 2.44 bits per heavy atom. The van der Waals surface area contributed by atoms with Crippen molar-refractivity contribution >= 4 is 29.9 Å². The van der Waals surface area contributed by atoms with Crippen molar-refractivity contribution < 1.29 is 0 Å². The summed E-state index contributed by atoms with van der Waals surface area (Å²) in [5.41, 5.74) is 6.92. The van der Waals surface area contributed by atoms with Crippen LogP contribution in [0.5, 0.6) is 0 Å². The van der Waals surface area contributed by atoms with Crippen LogP contribution in [-0.2, 0) is 19.6 Å². The third-order valence-electron chi connectivity index (χ3n) is 4.93. The summed E-state index contributed by atoms with van der Waals surface area (Å²) in [5.74, 6) is 0.809. The van der Waals surface area contributed by atoms with Gasteiger partial charge in [0.2, 0.25) is 0 Å². The van der Waals surface area contributed by atoms with E-state index in [9.17, 15) is 0 Å². The van der Waals surface area contributed by atoms with E-state index in [1.54, 1.807) is 0 Å². The topological polar surface area (TPSA) is 57.5 Å². The van der Waals surface area contributed by atoms with Gasteiger partial charge in [-0.05, 0) is 63.7 Å². The maximum atomic E-state index is 4.80. The molecule has 7 heteroatoms. The van der Waals surface area contributed by atoms with Crippen molar-refractivity contribution in [3.63, 3.8) is 0 Å². The highest BCUT2D eigenvalue weighted by molar-refractivity contribution is 14.0. The molecule has 0 saturated heterocycles. The van der Waals surface area contributed by atoms with E-state index < -0.39 is 0 Å². The van der Waals surface area contributed by atoms with Gasteiger partial charge in [0, 0.05) is 25.3 Å². The Hall–Kier alpha value is -2.39. The van der Waals surface area contributed by atoms with E-state index in [1.165, 1.54) is 16.7 Å². The summed E-state index contributed by atoms with van der Waals surface area (Å²) in [7, 11) is 4.17. The number of hydrogen-bond donors (Lipinski definition) is 2. The SMILES string of the molecule is CCNC(=NCc1cccc(CN(C)C)c1)NCc1ccccc1-n1nc(C)cc1C.I. The molecule has 172 valence electrons. The molecule has 0 aliphatic rings. The number of aryl methyl sites for hydroxylation is 2. The number of benzene rings is 2. The first-order valence-corrected chi connectivity index (χ1v) is 10.8. The van der Waals surface area contributed by atoms with Gasteiger partial charge in [-0.1, -0.05) is 42.5 Å². The van der Waals surface area contributed by atoms with E-state index in [2.05, 4.69) is 103 Å². The van der Waals surface area contributed by atoms with Gasteiger partial charge in [0.15, 0.2) is 5.96 Å². The number of aromatic nitrogens is 2. The highest BCUT2D eigenvalue weighted by Crippen LogP contribution is 2.17. The van der Waals surface area contributed by atoms with Crippen LogP contribution >= 0.6 is 24.0 Å². The summed E-state index contributed by atoms with van der Waals surface area (Å²) in [5, 5.41) is 11.5. The van der Waals surface area contributed by atoms with Gasteiger partial charge in [0.05, 0.1) is 17.9 Å². The summed E-state index contributed by atoms with van der Waals surface area (Å²) in [6.07, 6.45) is 0. The Morgan fingerprint density at radius 2 is 1.75 bits per heavy atom. The van der Waals surface area contributed by atoms with Gasteiger partial charge in [-0.3, -0.25) is 0 Å². The van der Waals surface area contributed by atoms with Gasteiger partial charge in [-0.25, -0.2) is 9.67 Å². The smallest absolute Gasteiger partial charge is 0.191 e. The average Bonchev–Trinajstić information content (AvgIpc) is 3.08. The van der Waals surface area contributed by atoms with Gasteiger partial charge < -0.3 is 15.5 Å². The molecule has 3 aromatic rings. The Balaban J connectivity index is 0.00000363. The number of nitrogens with zero attached hydrogens (tertiary/aromatic N) is 4. The summed E-state index contributed by atoms with van der Waals surface area (Å²) in [6, 6.07) is 19.1. The lowest BCUT2D eigenvalue weighted by Crippen LogP contribution is -2.37. The summed E-state index contributed by atoms with van der Waals surface area (Å²) in [6.45, 7) is 9.23. The fourth-order valence-corrected chi connectivity index (χ4v) is 3.62. The van der Waals surface area contributed by atoms with E-state index in [0.717, 1.165) is 36.1 Å². The largest absolute Gasteiger partial charge is 0.357 e. The van der Waals surface area contributed by atoms with Gasteiger partial charge in [0.1, 0.15) is 0 Å². The zero-order valence-corrected chi connectivity index (χ0v) is 22.1. The van der Waals surface area contributed by atoms with Crippen LogP contribution in [0.1, 0.15) is 35.0 Å². The molecule has 6 nitrogen and oxygen atoms in total. The Bertz CT molecular complexity index is 1020. The van der Waals surface area contributed by atoms with Crippen LogP contribution in [0.15, 0.2) is 59.6 Å². The molecule has 0 bridgehead atoms. The minimum absolute atomic E-state index is 0. The van der Waals surface area contributed by atoms with Gasteiger partial charge >= 0.3 is 0 Å². The van der Waals surface area contributed by atoms with Crippen molar-refractivity contribution in [2.24, 2.45) is 4.99 Å². The van der Waals surface area contributed by atoms with Crippen molar-refractivity contribution in [1.82, 2.24) is 25.3 Å². The number of para-hydroxylation sites is 1. The molecule has 0 unspecified atom stereocenters. The van der Waals surface area contributed by atoms with Crippen molar-refractivity contribution in [3.8, 4) is 5.69 Å². The lowest BCUT2D eigenvalue weighted by Gasteiger charge is -2.15. The standard InChI is InChI=1S/C25H34N6.HI/c1-6-26-25(27-16-21-10-9-11-22(15-21)18-30(4)5)28-17-23-12-7-8-13-24(23)31-20(3)14-19(2)29-31;/h7-15H,6,16-18H2,1-5H3,(H2,26,27,28);1H. The lowest BCUT2D eigenvalue weighted by atomic mass is 10.1. The quantitative estimate of drug-likeness (QED) is 0.250. The van der Waals surface area contributed by atoms with Crippen molar-refractivity contribution in [2.75, 3.05) is 20.6 Å². The van der Waals surface area contributed by atoms with Crippen LogP contribution in [0.2, 0.25) is 0 Å². The van der Waals surface area contributed by atoms with Crippen LogP contribution in [0.25, 0.3) is 5.69 Å². The average molecular weight is 547 g/mol. The van der Waals surface area contributed by atoms with Crippen molar-refractivity contribution in [3.05, 3.63) is 82.7 Å². The number of nitrogens with one attached hydrogen (secondary N) is 2. The first-order valence-electron chi connectivity index (χ1n) is 10.8. The van der Waals surface area contributed by atoms with E-state index in [4.69, 9.17) is 4.99 Å². The molecule has 0 amide bonds. The molecule has 0 aliphatic heterocycles. The Labute approximate surface area is 209 Å². The zero-order chi connectivity index (χ0) is 22.2. The minimum atomic E-state index is 0. The molecule has 2 aromatic carbocycles. The van der Waals surface area contributed by atoms with E-state index >= 15 is 0 Å². The van der Waals surface area contributed by atoms with Crippen molar-refractivity contribution in [1.29, 1.82) is 0 Å². The van der Waals surface area contributed by atoms with Gasteiger partial charge in [0.25, 0.3) is 0 Å². The van der Waals surface area contributed by atoms with Gasteiger partial charge in [-0.15, -0.1) is 24.0 Å². The molecule has 1 aromatic heterocycles. The second-order valence-corrected chi connectivity index (χ2v) is 8.07. The fourth-order valence-electron chi connectivity index (χ4n) is 3.62. The first kappa shape index (κ1) is 25.9. The second-order valence-electron chi connectivity index (χ2n) is 8.07. The van der Waals surface area contributed by atoms with Crippen LogP contribution in [-0.4, -0.2) is 41.3 Å². The number of halogens is 1. The number of rotatable bonds is 8. The second kappa shape index (κ2) is 12.6. The summed E-state index contributed by atoms with van der Waals surface area (Å²) in [4.78, 5) is 6.98. The number of aliphatic imine (C=N–C) groups is 1. The predicted molar refractivity (Wildman–Crippen MR) is 144 cm³/mol. The monoisotopic (exact) mass is 546 g/mol. The number of hydrogen-bond acceptors (Lipinski definition) is 3. The molecule has 32 heavy (non-hydrogen) atoms. The van der Waals surface area contributed by atoms with E-state index in [1.807, 2.05) is 11.6 Å². The van der Waals surface area contributed by atoms with Crippen LogP contribution in [0.4, 0.5) is 0 Å². The molecular formula is C25H35IN6. The van der Waals surface area contributed by atoms with Crippen LogP contribution < -0.4 is 10.6 Å². The first-order chi connectivity index (χ1) is 15.0. The van der Waals surface area contributed by atoms with Crippen molar-refractivity contribution in [2.45, 2.75) is 40.4 Å². The lowest BCUT2D eigenvalue weighted by molar-refractivity contribution is 0.402. The molecule has 0 spiro atoms. The van der Waals surface area contributed by atoms with E-state index in [0.29, 0.717) is 13.1 Å². The molecular weight excluding hydrogens is 511 g/mol.